The van der Waals surface area contributed by atoms with Gasteiger partial charge in [-0.2, -0.15) is 0 Å². The summed E-state index contributed by atoms with van der Waals surface area (Å²) in [5.74, 6) is 1.46. The number of ether oxygens (including phenoxy) is 2. The Bertz CT molecular complexity index is 684. The molecule has 0 fully saturated rings. The fourth-order valence-electron chi connectivity index (χ4n) is 2.73. The third-order valence-electron chi connectivity index (χ3n) is 3.97. The van der Waals surface area contributed by atoms with Gasteiger partial charge in [0.1, 0.15) is 11.5 Å². The lowest BCUT2D eigenvalue weighted by atomic mass is 10.0. The van der Waals surface area contributed by atoms with Crippen LogP contribution in [0.1, 0.15) is 30.5 Å². The number of nitrogens with one attached hydrogen (secondary N) is 1. The second kappa shape index (κ2) is 7.18. The molecule has 1 aliphatic rings. The number of hydrogen-bond acceptors (Lipinski definition) is 3. The van der Waals surface area contributed by atoms with Crippen LogP contribution < -0.4 is 14.8 Å². The van der Waals surface area contributed by atoms with Crippen LogP contribution in [0.25, 0.3) is 0 Å². The molecular formula is C19H21NO3. The molecule has 1 atom stereocenters. The molecular weight excluding hydrogens is 290 g/mol. The molecule has 0 spiro atoms. The van der Waals surface area contributed by atoms with E-state index in [-0.39, 0.29) is 18.6 Å². The SMILES string of the molecule is CCc1cccc(OCC(=O)NC2CCOc3ccccc32)c1. The highest BCUT2D eigenvalue weighted by atomic mass is 16.5. The van der Waals surface area contributed by atoms with Crippen molar-refractivity contribution in [3.05, 3.63) is 59.7 Å². The van der Waals surface area contributed by atoms with Crippen LogP contribution in [-0.4, -0.2) is 19.1 Å². The smallest absolute Gasteiger partial charge is 0.258 e. The number of carbonyl (C=O) groups excluding carboxylic acids is 1. The molecule has 4 nitrogen and oxygen atoms in total. The minimum Gasteiger partial charge on any atom is -0.493 e. The number of para-hydroxylation sites is 1. The summed E-state index contributed by atoms with van der Waals surface area (Å²) in [6.07, 6.45) is 1.72. The largest absolute Gasteiger partial charge is 0.493 e. The van der Waals surface area contributed by atoms with Crippen LogP contribution in [-0.2, 0) is 11.2 Å². The lowest BCUT2D eigenvalue weighted by Gasteiger charge is -2.26. The Morgan fingerprint density at radius 2 is 2.13 bits per heavy atom. The number of fused-ring (bicyclic) bond motifs is 1. The maximum absolute atomic E-state index is 12.2. The fraction of sp³-hybridized carbons (Fsp3) is 0.316. The molecule has 0 saturated carbocycles. The zero-order valence-electron chi connectivity index (χ0n) is 13.2. The normalized spacial score (nSPS) is 16.1. The summed E-state index contributed by atoms with van der Waals surface area (Å²) in [7, 11) is 0. The number of benzene rings is 2. The van der Waals surface area contributed by atoms with Gasteiger partial charge in [-0.15, -0.1) is 0 Å². The highest BCUT2D eigenvalue weighted by Gasteiger charge is 2.22. The predicted molar refractivity (Wildman–Crippen MR) is 88.8 cm³/mol. The topological polar surface area (TPSA) is 47.6 Å². The molecule has 3 rings (SSSR count). The van der Waals surface area contributed by atoms with E-state index in [1.54, 1.807) is 0 Å². The van der Waals surface area contributed by atoms with Gasteiger partial charge in [-0.25, -0.2) is 0 Å². The van der Waals surface area contributed by atoms with Gasteiger partial charge in [0.2, 0.25) is 0 Å². The molecule has 0 aliphatic carbocycles. The third-order valence-corrected chi connectivity index (χ3v) is 3.97. The zero-order valence-corrected chi connectivity index (χ0v) is 13.2. The van der Waals surface area contributed by atoms with Crippen molar-refractivity contribution in [3.8, 4) is 11.5 Å². The molecule has 1 amide bonds. The minimum absolute atomic E-state index is 0.0157. The zero-order chi connectivity index (χ0) is 16.1. The Morgan fingerprint density at radius 1 is 1.26 bits per heavy atom. The van der Waals surface area contributed by atoms with Crippen molar-refractivity contribution in [2.24, 2.45) is 0 Å². The number of carbonyl (C=O) groups is 1. The highest BCUT2D eigenvalue weighted by molar-refractivity contribution is 5.78. The molecule has 2 aromatic carbocycles. The van der Waals surface area contributed by atoms with E-state index in [1.165, 1.54) is 5.56 Å². The van der Waals surface area contributed by atoms with Crippen LogP contribution in [0.5, 0.6) is 11.5 Å². The van der Waals surface area contributed by atoms with Crippen molar-refractivity contribution in [2.75, 3.05) is 13.2 Å². The monoisotopic (exact) mass is 311 g/mol. The summed E-state index contributed by atoms with van der Waals surface area (Å²) >= 11 is 0. The Balaban J connectivity index is 1.58. The van der Waals surface area contributed by atoms with Gasteiger partial charge in [0.15, 0.2) is 6.61 Å². The Hall–Kier alpha value is -2.49. The van der Waals surface area contributed by atoms with Crippen LogP contribution in [0.15, 0.2) is 48.5 Å². The van der Waals surface area contributed by atoms with Gasteiger partial charge in [-0.05, 0) is 30.2 Å². The van der Waals surface area contributed by atoms with Gasteiger partial charge in [0.25, 0.3) is 5.91 Å². The predicted octanol–water partition coefficient (Wildman–Crippen LogP) is 3.27. The summed E-state index contributed by atoms with van der Waals surface area (Å²) in [6, 6.07) is 15.6. The number of amides is 1. The van der Waals surface area contributed by atoms with Crippen LogP contribution in [0.3, 0.4) is 0 Å². The third kappa shape index (κ3) is 3.83. The first-order valence-corrected chi connectivity index (χ1v) is 7.99. The quantitative estimate of drug-likeness (QED) is 0.922. The van der Waals surface area contributed by atoms with Crippen molar-refractivity contribution in [3.63, 3.8) is 0 Å². The summed E-state index contributed by atoms with van der Waals surface area (Å²) < 4.78 is 11.2. The van der Waals surface area contributed by atoms with Gasteiger partial charge in [-0.1, -0.05) is 37.3 Å². The molecule has 2 aromatic rings. The van der Waals surface area contributed by atoms with Crippen molar-refractivity contribution in [1.29, 1.82) is 0 Å². The lowest BCUT2D eigenvalue weighted by Crippen LogP contribution is -2.35. The first kappa shape index (κ1) is 15.4. The minimum atomic E-state index is -0.117. The van der Waals surface area contributed by atoms with Crippen molar-refractivity contribution in [2.45, 2.75) is 25.8 Å². The van der Waals surface area contributed by atoms with E-state index in [4.69, 9.17) is 9.47 Å². The molecule has 0 aromatic heterocycles. The average Bonchev–Trinajstić information content (AvgIpc) is 2.60. The second-order valence-electron chi connectivity index (χ2n) is 5.58. The molecule has 1 N–H and O–H groups in total. The molecule has 23 heavy (non-hydrogen) atoms. The maximum atomic E-state index is 12.2. The molecule has 120 valence electrons. The number of aryl methyl sites for hydroxylation is 1. The number of hydrogen-bond donors (Lipinski definition) is 1. The first-order chi connectivity index (χ1) is 11.3. The fourth-order valence-corrected chi connectivity index (χ4v) is 2.73. The molecule has 1 unspecified atom stereocenters. The average molecular weight is 311 g/mol. The van der Waals surface area contributed by atoms with Crippen LogP contribution in [0, 0.1) is 0 Å². The van der Waals surface area contributed by atoms with E-state index < -0.39 is 0 Å². The van der Waals surface area contributed by atoms with E-state index in [2.05, 4.69) is 12.2 Å². The van der Waals surface area contributed by atoms with E-state index in [1.807, 2.05) is 48.5 Å². The van der Waals surface area contributed by atoms with Crippen molar-refractivity contribution < 1.29 is 14.3 Å². The second-order valence-corrected chi connectivity index (χ2v) is 5.58. The van der Waals surface area contributed by atoms with Gasteiger partial charge in [-0.3, -0.25) is 4.79 Å². The van der Waals surface area contributed by atoms with Crippen molar-refractivity contribution >= 4 is 5.91 Å². The summed E-state index contributed by atoms with van der Waals surface area (Å²) in [5, 5.41) is 3.03. The maximum Gasteiger partial charge on any atom is 0.258 e. The van der Waals surface area contributed by atoms with Gasteiger partial charge < -0.3 is 14.8 Å². The Labute approximate surface area is 136 Å². The Morgan fingerprint density at radius 3 is 3.00 bits per heavy atom. The van der Waals surface area contributed by atoms with Gasteiger partial charge in [0.05, 0.1) is 12.6 Å². The molecule has 4 heteroatoms. The van der Waals surface area contributed by atoms with E-state index in [9.17, 15) is 4.79 Å². The molecule has 0 saturated heterocycles. The molecule has 0 radical (unpaired) electrons. The lowest BCUT2D eigenvalue weighted by molar-refractivity contribution is -0.124. The van der Waals surface area contributed by atoms with Gasteiger partial charge >= 0.3 is 0 Å². The standard InChI is InChI=1S/C19H21NO3/c1-2-14-6-5-7-15(12-14)23-13-19(21)20-17-10-11-22-18-9-4-3-8-16(17)18/h3-9,12,17H,2,10-11,13H2,1H3,(H,20,21). The molecule has 1 aliphatic heterocycles. The van der Waals surface area contributed by atoms with Crippen LogP contribution >= 0.6 is 0 Å². The van der Waals surface area contributed by atoms with Crippen molar-refractivity contribution in [1.82, 2.24) is 5.32 Å². The highest BCUT2D eigenvalue weighted by Crippen LogP contribution is 2.31. The summed E-state index contributed by atoms with van der Waals surface area (Å²) in [5.41, 5.74) is 2.22. The molecule has 1 heterocycles. The van der Waals surface area contributed by atoms with Crippen LogP contribution in [0.4, 0.5) is 0 Å². The first-order valence-electron chi connectivity index (χ1n) is 7.99. The number of rotatable bonds is 5. The van der Waals surface area contributed by atoms with Gasteiger partial charge in [0, 0.05) is 12.0 Å². The summed E-state index contributed by atoms with van der Waals surface area (Å²) in [6.45, 7) is 2.72. The van der Waals surface area contributed by atoms with Crippen LogP contribution in [0.2, 0.25) is 0 Å². The molecule has 0 bridgehead atoms. The Kier molecular flexibility index (Phi) is 4.81. The van der Waals surface area contributed by atoms with E-state index >= 15 is 0 Å². The summed E-state index contributed by atoms with van der Waals surface area (Å²) in [4.78, 5) is 12.2. The van der Waals surface area contributed by atoms with E-state index in [0.717, 1.165) is 29.9 Å². The van der Waals surface area contributed by atoms with E-state index in [0.29, 0.717) is 6.61 Å².